The molecule has 0 aromatic carbocycles. The molecule has 0 spiro atoms. The summed E-state index contributed by atoms with van der Waals surface area (Å²) >= 11 is 5.97. The predicted molar refractivity (Wildman–Crippen MR) is 65.8 cm³/mol. The zero-order valence-electron chi connectivity index (χ0n) is 10.1. The average Bonchev–Trinajstić information content (AvgIpc) is 2.80. The molecule has 6 nitrogen and oxygen atoms in total. The number of rotatable bonds is 6. The Labute approximate surface area is 112 Å². The third-order valence-electron chi connectivity index (χ3n) is 2.39. The van der Waals surface area contributed by atoms with Crippen LogP contribution in [0, 0.1) is 6.92 Å². The van der Waals surface area contributed by atoms with E-state index < -0.39 is 13.0 Å². The van der Waals surface area contributed by atoms with Gasteiger partial charge in [-0.2, -0.15) is 19.6 Å². The van der Waals surface area contributed by atoms with Crippen LogP contribution in [0.5, 0.6) is 0 Å². The topological polar surface area (TPSA) is 64.3 Å². The van der Waals surface area contributed by atoms with Crippen LogP contribution in [0.1, 0.15) is 5.56 Å². The molecule has 2 aromatic heterocycles. The number of nitrogens with zero attached hydrogens (tertiary/aromatic N) is 4. The van der Waals surface area contributed by atoms with Gasteiger partial charge in [-0.05, 0) is 6.92 Å². The summed E-state index contributed by atoms with van der Waals surface area (Å²) in [5.41, 5.74) is 0.702. The summed E-state index contributed by atoms with van der Waals surface area (Å²) in [5.74, 6) is 0.986. The fraction of sp³-hybridized carbons (Fsp3) is 0.500. The summed E-state index contributed by atoms with van der Waals surface area (Å²) in [6.07, 6.45) is -1.10. The van der Waals surface area contributed by atoms with Crippen LogP contribution in [0.3, 0.4) is 0 Å². The molecule has 0 aliphatic rings. The Bertz CT molecular complexity index is 562. The predicted octanol–water partition coefficient (Wildman–Crippen LogP) is 1.78. The lowest BCUT2D eigenvalue weighted by Gasteiger charge is -2.11. The van der Waals surface area contributed by atoms with Gasteiger partial charge < -0.3 is 10.1 Å². The van der Waals surface area contributed by atoms with Crippen molar-refractivity contribution in [2.45, 2.75) is 13.3 Å². The molecule has 0 aliphatic heterocycles. The molecule has 0 saturated carbocycles. The van der Waals surface area contributed by atoms with E-state index in [0.29, 0.717) is 28.9 Å². The standard InChI is InChI=1S/C10H12ClF2N5O/c1-6-8(11)17-10-15-5-16-18(10)9(6)14-2-3-19-4-7(12)13/h5,7,14H,2-4H2,1H3. The highest BCUT2D eigenvalue weighted by Gasteiger charge is 2.11. The minimum absolute atomic E-state index is 0.153. The van der Waals surface area contributed by atoms with Crippen LogP contribution in [0.2, 0.25) is 5.15 Å². The lowest BCUT2D eigenvalue weighted by molar-refractivity contribution is 0.0214. The van der Waals surface area contributed by atoms with Crippen LogP contribution >= 0.6 is 11.6 Å². The molecule has 0 radical (unpaired) electrons. The van der Waals surface area contributed by atoms with E-state index in [9.17, 15) is 8.78 Å². The van der Waals surface area contributed by atoms with Gasteiger partial charge in [0.25, 0.3) is 12.2 Å². The van der Waals surface area contributed by atoms with E-state index in [1.165, 1.54) is 10.8 Å². The van der Waals surface area contributed by atoms with Gasteiger partial charge in [-0.25, -0.2) is 8.78 Å². The van der Waals surface area contributed by atoms with Crippen molar-refractivity contribution in [2.24, 2.45) is 0 Å². The molecule has 0 saturated heterocycles. The zero-order chi connectivity index (χ0) is 13.8. The summed E-state index contributed by atoms with van der Waals surface area (Å²) in [4.78, 5) is 7.98. The molecule has 104 valence electrons. The van der Waals surface area contributed by atoms with Crippen LogP contribution < -0.4 is 5.32 Å². The van der Waals surface area contributed by atoms with Gasteiger partial charge in [0.1, 0.15) is 23.9 Å². The number of halogens is 3. The second-order valence-electron chi connectivity index (χ2n) is 3.74. The molecule has 19 heavy (non-hydrogen) atoms. The van der Waals surface area contributed by atoms with Crippen molar-refractivity contribution in [1.29, 1.82) is 0 Å². The molecule has 0 fully saturated rings. The summed E-state index contributed by atoms with van der Waals surface area (Å²) < 4.78 is 30.0. The Kier molecular flexibility index (Phi) is 4.43. The number of anilines is 1. The normalized spacial score (nSPS) is 11.4. The van der Waals surface area contributed by atoms with E-state index in [1.807, 2.05) is 0 Å². The van der Waals surface area contributed by atoms with E-state index in [-0.39, 0.29) is 6.61 Å². The molecular formula is C10H12ClF2N5O. The molecule has 0 amide bonds. The van der Waals surface area contributed by atoms with Gasteiger partial charge in [-0.3, -0.25) is 0 Å². The molecule has 1 N–H and O–H groups in total. The summed E-state index contributed by atoms with van der Waals surface area (Å²) in [5, 5.41) is 7.35. The second kappa shape index (κ2) is 6.07. The first-order valence-electron chi connectivity index (χ1n) is 5.55. The molecule has 0 atom stereocenters. The van der Waals surface area contributed by atoms with Crippen molar-refractivity contribution in [3.05, 3.63) is 17.0 Å². The molecular weight excluding hydrogens is 280 g/mol. The summed E-state index contributed by atoms with van der Waals surface area (Å²) in [7, 11) is 0. The lowest BCUT2D eigenvalue weighted by Crippen LogP contribution is -2.16. The van der Waals surface area contributed by atoms with Crippen LogP contribution in [0.4, 0.5) is 14.6 Å². The molecule has 0 bridgehead atoms. The first kappa shape index (κ1) is 13.9. The smallest absolute Gasteiger partial charge is 0.261 e. The van der Waals surface area contributed by atoms with Gasteiger partial charge in [-0.1, -0.05) is 11.6 Å². The van der Waals surface area contributed by atoms with Gasteiger partial charge >= 0.3 is 0 Å². The quantitative estimate of drug-likeness (QED) is 0.649. The monoisotopic (exact) mass is 291 g/mol. The number of alkyl halides is 2. The number of fused-ring (bicyclic) bond motifs is 1. The fourth-order valence-corrected chi connectivity index (χ4v) is 1.68. The van der Waals surface area contributed by atoms with E-state index >= 15 is 0 Å². The van der Waals surface area contributed by atoms with Crippen molar-refractivity contribution in [2.75, 3.05) is 25.1 Å². The van der Waals surface area contributed by atoms with Crippen LogP contribution in [0.25, 0.3) is 5.78 Å². The maximum atomic E-state index is 11.9. The molecule has 2 rings (SSSR count). The Morgan fingerprint density at radius 3 is 3.05 bits per heavy atom. The van der Waals surface area contributed by atoms with Crippen LogP contribution in [-0.2, 0) is 4.74 Å². The Balaban J connectivity index is 2.03. The van der Waals surface area contributed by atoms with E-state index in [4.69, 9.17) is 16.3 Å². The third kappa shape index (κ3) is 3.27. The zero-order valence-corrected chi connectivity index (χ0v) is 10.9. The highest BCUT2D eigenvalue weighted by atomic mass is 35.5. The Morgan fingerprint density at radius 1 is 1.53 bits per heavy atom. The molecule has 2 heterocycles. The summed E-state index contributed by atoms with van der Waals surface area (Å²) in [6.45, 7) is 1.71. The molecule has 0 unspecified atom stereocenters. The van der Waals surface area contributed by atoms with Crippen LogP contribution in [-0.4, -0.2) is 45.8 Å². The van der Waals surface area contributed by atoms with Gasteiger partial charge in [0.05, 0.1) is 6.61 Å². The van der Waals surface area contributed by atoms with Crippen molar-refractivity contribution in [3.63, 3.8) is 0 Å². The van der Waals surface area contributed by atoms with Crippen molar-refractivity contribution >= 4 is 23.2 Å². The van der Waals surface area contributed by atoms with Gasteiger partial charge in [-0.15, -0.1) is 0 Å². The molecule has 9 heteroatoms. The first-order chi connectivity index (χ1) is 9.09. The number of nitrogens with one attached hydrogen (secondary N) is 1. The van der Waals surface area contributed by atoms with Crippen molar-refractivity contribution < 1.29 is 13.5 Å². The largest absolute Gasteiger partial charge is 0.374 e. The molecule has 0 aliphatic carbocycles. The SMILES string of the molecule is Cc1c(Cl)nc2ncnn2c1NCCOCC(F)F. The first-order valence-corrected chi connectivity index (χ1v) is 5.93. The average molecular weight is 292 g/mol. The molecule has 2 aromatic rings. The Morgan fingerprint density at radius 2 is 2.32 bits per heavy atom. The maximum Gasteiger partial charge on any atom is 0.261 e. The van der Waals surface area contributed by atoms with Gasteiger partial charge in [0.15, 0.2) is 0 Å². The minimum Gasteiger partial charge on any atom is -0.374 e. The maximum absolute atomic E-state index is 11.9. The van der Waals surface area contributed by atoms with E-state index in [0.717, 1.165) is 0 Å². The minimum atomic E-state index is -2.46. The third-order valence-corrected chi connectivity index (χ3v) is 2.76. The number of ether oxygens (including phenoxy) is 1. The van der Waals surface area contributed by atoms with E-state index in [2.05, 4.69) is 20.4 Å². The lowest BCUT2D eigenvalue weighted by atomic mass is 10.3. The Hall–Kier alpha value is -1.54. The number of hydrogen-bond acceptors (Lipinski definition) is 5. The summed E-state index contributed by atoms with van der Waals surface area (Å²) in [6, 6.07) is 0. The number of aromatic nitrogens is 4. The fourth-order valence-electron chi connectivity index (χ4n) is 1.52. The van der Waals surface area contributed by atoms with Crippen molar-refractivity contribution in [3.8, 4) is 0 Å². The highest BCUT2D eigenvalue weighted by Crippen LogP contribution is 2.21. The highest BCUT2D eigenvalue weighted by molar-refractivity contribution is 6.30. The second-order valence-corrected chi connectivity index (χ2v) is 4.10. The van der Waals surface area contributed by atoms with Gasteiger partial charge in [0, 0.05) is 12.1 Å². The van der Waals surface area contributed by atoms with Crippen molar-refractivity contribution in [1.82, 2.24) is 19.6 Å². The van der Waals surface area contributed by atoms with Gasteiger partial charge in [0.2, 0.25) is 0 Å². The van der Waals surface area contributed by atoms with Crippen LogP contribution in [0.15, 0.2) is 6.33 Å². The van der Waals surface area contributed by atoms with E-state index in [1.54, 1.807) is 6.92 Å². The number of hydrogen-bond donors (Lipinski definition) is 1.